The number of amides is 3. The molecule has 29 heavy (non-hydrogen) atoms. The van der Waals surface area contributed by atoms with E-state index in [-0.39, 0.29) is 35.8 Å². The van der Waals surface area contributed by atoms with Crippen LogP contribution < -0.4 is 10.6 Å². The quantitative estimate of drug-likeness (QED) is 0.719. The normalized spacial score (nSPS) is 16.7. The molecule has 0 radical (unpaired) electrons. The summed E-state index contributed by atoms with van der Waals surface area (Å²) < 4.78 is 5.05. The van der Waals surface area contributed by atoms with Crippen molar-refractivity contribution in [1.29, 1.82) is 0 Å². The number of aromatic nitrogens is 1. The van der Waals surface area contributed by atoms with E-state index in [4.69, 9.17) is 4.42 Å². The van der Waals surface area contributed by atoms with Crippen molar-refractivity contribution in [3.05, 3.63) is 35.2 Å². The fourth-order valence-corrected chi connectivity index (χ4v) is 3.85. The highest BCUT2D eigenvalue weighted by Gasteiger charge is 2.28. The van der Waals surface area contributed by atoms with Crippen LogP contribution >= 0.6 is 11.3 Å². The highest BCUT2D eigenvalue weighted by molar-refractivity contribution is 7.14. The average molecular weight is 419 g/mol. The van der Waals surface area contributed by atoms with Gasteiger partial charge in [0, 0.05) is 25.0 Å². The minimum Gasteiger partial charge on any atom is -0.459 e. The van der Waals surface area contributed by atoms with Gasteiger partial charge in [0.15, 0.2) is 10.9 Å². The smallest absolute Gasteiger partial charge is 0.293 e. The molecular weight excluding hydrogens is 392 g/mol. The third kappa shape index (κ3) is 5.90. The van der Waals surface area contributed by atoms with Gasteiger partial charge in [-0.1, -0.05) is 13.8 Å². The number of nitrogens with zero attached hydrogens (tertiary/aromatic N) is 2. The number of likely N-dealkylation sites (tertiary alicyclic amines) is 1. The molecule has 0 aromatic carbocycles. The van der Waals surface area contributed by atoms with Crippen LogP contribution in [-0.2, 0) is 16.0 Å². The first kappa shape index (κ1) is 21.0. The molecule has 1 fully saturated rings. The average Bonchev–Trinajstić information content (AvgIpc) is 3.38. The standard InChI is InChI=1S/C20H26N4O4S/c1-13(2)10-21-18(26)14-5-3-7-24(11-14)17(25)9-15-12-29-20(22-15)23-19(27)16-6-4-8-28-16/h4,6,8,12-14H,3,5,7,9-11H2,1-2H3,(H,21,26)(H,22,23,27)/t14-/m1/s1. The number of piperidine rings is 1. The molecule has 1 atom stereocenters. The molecule has 3 heterocycles. The molecule has 2 N–H and O–H groups in total. The Morgan fingerprint density at radius 1 is 1.38 bits per heavy atom. The molecule has 9 heteroatoms. The van der Waals surface area contributed by atoms with Crippen LogP contribution in [0.15, 0.2) is 28.2 Å². The fraction of sp³-hybridized carbons (Fsp3) is 0.500. The fourth-order valence-electron chi connectivity index (χ4n) is 3.15. The summed E-state index contributed by atoms with van der Waals surface area (Å²) in [7, 11) is 0. The Kier molecular flexibility index (Phi) is 7.03. The molecule has 0 spiro atoms. The Hall–Kier alpha value is -2.68. The second-order valence-electron chi connectivity index (χ2n) is 7.57. The summed E-state index contributed by atoms with van der Waals surface area (Å²) in [5, 5.41) is 7.79. The first-order valence-corrected chi connectivity index (χ1v) is 10.6. The zero-order valence-electron chi connectivity index (χ0n) is 16.6. The predicted molar refractivity (Wildman–Crippen MR) is 110 cm³/mol. The van der Waals surface area contributed by atoms with Gasteiger partial charge in [-0.25, -0.2) is 4.98 Å². The first-order valence-electron chi connectivity index (χ1n) is 9.77. The van der Waals surface area contributed by atoms with E-state index in [9.17, 15) is 14.4 Å². The van der Waals surface area contributed by atoms with Gasteiger partial charge in [0.05, 0.1) is 24.3 Å². The van der Waals surface area contributed by atoms with E-state index in [2.05, 4.69) is 29.5 Å². The molecular formula is C20H26N4O4S. The third-order valence-electron chi connectivity index (χ3n) is 4.68. The van der Waals surface area contributed by atoms with E-state index in [0.717, 1.165) is 12.8 Å². The number of anilines is 1. The Morgan fingerprint density at radius 2 is 2.21 bits per heavy atom. The van der Waals surface area contributed by atoms with Gasteiger partial charge in [-0.3, -0.25) is 19.7 Å². The molecule has 156 valence electrons. The molecule has 0 bridgehead atoms. The highest BCUT2D eigenvalue weighted by Crippen LogP contribution is 2.20. The van der Waals surface area contributed by atoms with Crippen LogP contribution in [0.3, 0.4) is 0 Å². The van der Waals surface area contributed by atoms with Crippen molar-refractivity contribution in [2.45, 2.75) is 33.1 Å². The number of hydrogen-bond acceptors (Lipinski definition) is 6. The van der Waals surface area contributed by atoms with Crippen molar-refractivity contribution in [2.75, 3.05) is 25.0 Å². The van der Waals surface area contributed by atoms with Crippen LogP contribution in [0.5, 0.6) is 0 Å². The number of carbonyl (C=O) groups is 3. The summed E-state index contributed by atoms with van der Waals surface area (Å²) in [5.41, 5.74) is 0.598. The maximum Gasteiger partial charge on any atom is 0.293 e. The maximum absolute atomic E-state index is 12.7. The van der Waals surface area contributed by atoms with Gasteiger partial charge in [-0.15, -0.1) is 11.3 Å². The van der Waals surface area contributed by atoms with Crippen LogP contribution in [0.25, 0.3) is 0 Å². The van der Waals surface area contributed by atoms with Crippen LogP contribution in [0, 0.1) is 11.8 Å². The van der Waals surface area contributed by atoms with E-state index >= 15 is 0 Å². The molecule has 1 saturated heterocycles. The Bertz CT molecular complexity index is 847. The summed E-state index contributed by atoms with van der Waals surface area (Å²) in [6.07, 6.45) is 3.18. The largest absolute Gasteiger partial charge is 0.459 e. The molecule has 2 aromatic heterocycles. The van der Waals surface area contributed by atoms with E-state index in [1.165, 1.54) is 17.6 Å². The van der Waals surface area contributed by atoms with E-state index < -0.39 is 0 Å². The zero-order valence-corrected chi connectivity index (χ0v) is 17.5. The van der Waals surface area contributed by atoms with Crippen molar-refractivity contribution in [2.24, 2.45) is 11.8 Å². The number of hydrogen-bond donors (Lipinski definition) is 2. The molecule has 3 amide bonds. The molecule has 3 rings (SSSR count). The second kappa shape index (κ2) is 9.69. The van der Waals surface area contributed by atoms with Gasteiger partial charge in [-0.2, -0.15) is 0 Å². The topological polar surface area (TPSA) is 105 Å². The number of furan rings is 1. The lowest BCUT2D eigenvalue weighted by Gasteiger charge is -2.32. The monoisotopic (exact) mass is 418 g/mol. The molecule has 1 aliphatic heterocycles. The second-order valence-corrected chi connectivity index (χ2v) is 8.43. The third-order valence-corrected chi connectivity index (χ3v) is 5.49. The van der Waals surface area contributed by atoms with Crippen molar-refractivity contribution < 1.29 is 18.8 Å². The number of rotatable bonds is 7. The van der Waals surface area contributed by atoms with Crippen molar-refractivity contribution in [3.8, 4) is 0 Å². The molecule has 0 aliphatic carbocycles. The van der Waals surface area contributed by atoms with Crippen molar-refractivity contribution in [1.82, 2.24) is 15.2 Å². The molecule has 0 saturated carbocycles. The summed E-state index contributed by atoms with van der Waals surface area (Å²) >= 11 is 1.26. The Balaban J connectivity index is 1.51. The van der Waals surface area contributed by atoms with Gasteiger partial charge < -0.3 is 14.6 Å². The molecule has 0 unspecified atom stereocenters. The highest BCUT2D eigenvalue weighted by atomic mass is 32.1. The van der Waals surface area contributed by atoms with Gasteiger partial charge in [0.25, 0.3) is 5.91 Å². The number of nitrogens with one attached hydrogen (secondary N) is 2. The summed E-state index contributed by atoms with van der Waals surface area (Å²) in [6.45, 7) is 5.84. The summed E-state index contributed by atoms with van der Waals surface area (Å²) in [5.74, 6) is 0.0206. The van der Waals surface area contributed by atoms with Gasteiger partial charge in [-0.05, 0) is 30.9 Å². The lowest BCUT2D eigenvalue weighted by Crippen LogP contribution is -2.46. The molecule has 8 nitrogen and oxygen atoms in total. The first-order chi connectivity index (χ1) is 13.9. The Morgan fingerprint density at radius 3 is 2.93 bits per heavy atom. The van der Waals surface area contributed by atoms with Crippen LogP contribution in [0.4, 0.5) is 5.13 Å². The SMILES string of the molecule is CC(C)CNC(=O)[C@@H]1CCCN(C(=O)Cc2csc(NC(=O)c3ccco3)n2)C1. The predicted octanol–water partition coefficient (Wildman–Crippen LogP) is 2.54. The van der Waals surface area contributed by atoms with Gasteiger partial charge >= 0.3 is 0 Å². The maximum atomic E-state index is 12.7. The van der Waals surface area contributed by atoms with Crippen molar-refractivity contribution in [3.63, 3.8) is 0 Å². The minimum absolute atomic E-state index is 0.0211. The number of thiazole rings is 1. The van der Waals surface area contributed by atoms with Crippen molar-refractivity contribution >= 4 is 34.2 Å². The number of carbonyl (C=O) groups excluding carboxylic acids is 3. The zero-order chi connectivity index (χ0) is 20.8. The lowest BCUT2D eigenvalue weighted by atomic mass is 9.96. The van der Waals surface area contributed by atoms with Crippen LogP contribution in [0.2, 0.25) is 0 Å². The summed E-state index contributed by atoms with van der Waals surface area (Å²) in [4.78, 5) is 43.1. The van der Waals surface area contributed by atoms with E-state index in [0.29, 0.717) is 36.4 Å². The minimum atomic E-state index is -0.381. The summed E-state index contributed by atoms with van der Waals surface area (Å²) in [6, 6.07) is 3.20. The van der Waals surface area contributed by atoms with Gasteiger partial charge in [0.1, 0.15) is 0 Å². The van der Waals surface area contributed by atoms with Crippen LogP contribution in [0.1, 0.15) is 42.9 Å². The Labute approximate surface area is 173 Å². The van der Waals surface area contributed by atoms with E-state index in [1.54, 1.807) is 22.4 Å². The lowest BCUT2D eigenvalue weighted by molar-refractivity contribution is -0.135. The molecule has 2 aromatic rings. The van der Waals surface area contributed by atoms with E-state index in [1.807, 2.05) is 0 Å². The van der Waals surface area contributed by atoms with Crippen LogP contribution in [-0.4, -0.2) is 47.2 Å². The van der Waals surface area contributed by atoms with Gasteiger partial charge in [0.2, 0.25) is 11.8 Å². The molecule has 1 aliphatic rings.